The van der Waals surface area contributed by atoms with Crippen LogP contribution in [0.1, 0.15) is 21.7 Å². The zero-order chi connectivity index (χ0) is 22.8. The van der Waals surface area contributed by atoms with Crippen LogP contribution >= 0.6 is 23.2 Å². The van der Waals surface area contributed by atoms with Gasteiger partial charge in [0, 0.05) is 17.2 Å². The summed E-state index contributed by atoms with van der Waals surface area (Å²) in [7, 11) is 0. The summed E-state index contributed by atoms with van der Waals surface area (Å²) in [5.74, 6) is -0.533. The molecular weight excluding hydrogens is 462 g/mol. The maximum Gasteiger partial charge on any atom is 0.416 e. The molecule has 7 nitrogen and oxygen atoms in total. The van der Waals surface area contributed by atoms with E-state index in [0.717, 1.165) is 24.4 Å². The van der Waals surface area contributed by atoms with Crippen molar-refractivity contribution in [1.82, 2.24) is 5.43 Å². The molecule has 0 saturated heterocycles. The topological polar surface area (TPSA) is 97.7 Å². The summed E-state index contributed by atoms with van der Waals surface area (Å²) in [4.78, 5) is 22.4. The lowest BCUT2D eigenvalue weighted by Gasteiger charge is -2.07. The normalized spacial score (nSPS) is 11.6. The zero-order valence-electron chi connectivity index (χ0n) is 15.1. The van der Waals surface area contributed by atoms with Crippen molar-refractivity contribution in [3.05, 3.63) is 85.6 Å². The average molecular weight is 472 g/mol. The number of carbonyl (C=O) groups is 1. The lowest BCUT2D eigenvalue weighted by Crippen LogP contribution is -2.18. The van der Waals surface area contributed by atoms with E-state index in [1.165, 1.54) is 24.3 Å². The summed E-state index contributed by atoms with van der Waals surface area (Å²) in [5.41, 5.74) is 0.748. The van der Waals surface area contributed by atoms with Crippen LogP contribution in [0.15, 0.2) is 58.0 Å². The minimum atomic E-state index is -4.58. The lowest BCUT2D eigenvalue weighted by molar-refractivity contribution is -0.384. The number of carbonyl (C=O) groups excluding carboxylic acids is 1. The first-order valence-electron chi connectivity index (χ1n) is 8.30. The molecule has 1 amide bonds. The predicted molar refractivity (Wildman–Crippen MR) is 107 cm³/mol. The number of hydrogen-bond donors (Lipinski definition) is 1. The van der Waals surface area contributed by atoms with Gasteiger partial charge in [0.1, 0.15) is 16.5 Å². The van der Waals surface area contributed by atoms with Gasteiger partial charge in [0.25, 0.3) is 11.6 Å². The fraction of sp³-hybridized carbons (Fsp3) is 0.0526. The van der Waals surface area contributed by atoms with Crippen molar-refractivity contribution < 1.29 is 27.3 Å². The van der Waals surface area contributed by atoms with Crippen LogP contribution in [0.25, 0.3) is 11.3 Å². The molecule has 1 N–H and O–H groups in total. The third-order valence-corrected chi connectivity index (χ3v) is 4.55. The Hall–Kier alpha value is -3.37. The summed E-state index contributed by atoms with van der Waals surface area (Å²) < 4.78 is 43.7. The molecule has 0 radical (unpaired) electrons. The monoisotopic (exact) mass is 471 g/mol. The van der Waals surface area contributed by atoms with Crippen LogP contribution in [0.3, 0.4) is 0 Å². The number of hydrogen-bond acceptors (Lipinski definition) is 5. The van der Waals surface area contributed by atoms with Gasteiger partial charge in [-0.05, 0) is 36.4 Å². The minimum absolute atomic E-state index is 0.117. The van der Waals surface area contributed by atoms with Crippen LogP contribution < -0.4 is 5.43 Å². The number of furan rings is 1. The van der Waals surface area contributed by atoms with Crippen molar-refractivity contribution >= 4 is 41.0 Å². The number of nitrogens with zero attached hydrogens (tertiary/aromatic N) is 2. The highest BCUT2D eigenvalue weighted by molar-refractivity contribution is 6.37. The SMILES string of the molecule is O=C(N/N=C\c1ccc(-c2cc([N+](=O)[O-])c(Cl)cc2Cl)o1)c1cccc(C(F)(F)F)c1. The van der Waals surface area contributed by atoms with Crippen molar-refractivity contribution in [1.29, 1.82) is 0 Å². The van der Waals surface area contributed by atoms with Gasteiger partial charge in [0.2, 0.25) is 0 Å². The van der Waals surface area contributed by atoms with Crippen LogP contribution in [0.5, 0.6) is 0 Å². The van der Waals surface area contributed by atoms with Gasteiger partial charge in [-0.2, -0.15) is 18.3 Å². The van der Waals surface area contributed by atoms with E-state index in [2.05, 4.69) is 10.5 Å². The molecule has 0 aliphatic carbocycles. The van der Waals surface area contributed by atoms with Gasteiger partial charge in [-0.1, -0.05) is 29.3 Å². The van der Waals surface area contributed by atoms with Crippen molar-refractivity contribution in [2.45, 2.75) is 6.18 Å². The molecule has 0 saturated carbocycles. The van der Waals surface area contributed by atoms with Crippen molar-refractivity contribution in [3.63, 3.8) is 0 Å². The number of nitro benzene ring substituents is 1. The maximum absolute atomic E-state index is 12.7. The largest absolute Gasteiger partial charge is 0.455 e. The molecule has 0 spiro atoms. The van der Waals surface area contributed by atoms with Crippen LogP contribution in [0.2, 0.25) is 10.0 Å². The molecule has 2 aromatic carbocycles. The Kier molecular flexibility index (Phi) is 6.32. The van der Waals surface area contributed by atoms with Gasteiger partial charge in [0.05, 0.1) is 21.7 Å². The van der Waals surface area contributed by atoms with E-state index in [0.29, 0.717) is 6.07 Å². The number of hydrazone groups is 1. The second-order valence-corrected chi connectivity index (χ2v) is 6.83. The second kappa shape index (κ2) is 8.78. The maximum atomic E-state index is 12.7. The fourth-order valence-corrected chi connectivity index (χ4v) is 3.03. The summed E-state index contributed by atoms with van der Waals surface area (Å²) >= 11 is 11.9. The van der Waals surface area contributed by atoms with Gasteiger partial charge in [-0.15, -0.1) is 0 Å². The van der Waals surface area contributed by atoms with Gasteiger partial charge in [-0.25, -0.2) is 5.43 Å². The molecule has 0 bridgehead atoms. The number of benzene rings is 2. The molecule has 31 heavy (non-hydrogen) atoms. The van der Waals surface area contributed by atoms with E-state index in [4.69, 9.17) is 27.6 Å². The molecular formula is C19H10Cl2F3N3O4. The molecule has 3 aromatic rings. The number of rotatable bonds is 5. The fourth-order valence-electron chi connectivity index (χ4n) is 2.49. The first-order chi connectivity index (χ1) is 14.6. The molecule has 0 aliphatic heterocycles. The highest BCUT2D eigenvalue weighted by Crippen LogP contribution is 2.37. The summed E-state index contributed by atoms with van der Waals surface area (Å²) in [6.07, 6.45) is -3.48. The Bertz CT molecular complexity index is 1190. The van der Waals surface area contributed by atoms with E-state index in [1.807, 2.05) is 0 Å². The molecule has 0 atom stereocenters. The van der Waals surface area contributed by atoms with Crippen molar-refractivity contribution in [2.24, 2.45) is 5.10 Å². The van der Waals surface area contributed by atoms with E-state index in [9.17, 15) is 28.1 Å². The highest BCUT2D eigenvalue weighted by Gasteiger charge is 2.30. The molecule has 3 rings (SSSR count). The molecule has 0 fully saturated rings. The Morgan fingerprint density at radius 2 is 1.87 bits per heavy atom. The first kappa shape index (κ1) is 22.3. The first-order valence-corrected chi connectivity index (χ1v) is 9.06. The third kappa shape index (κ3) is 5.22. The summed E-state index contributed by atoms with van der Waals surface area (Å²) in [5, 5.41) is 14.7. The van der Waals surface area contributed by atoms with Crippen LogP contribution in [-0.4, -0.2) is 17.0 Å². The van der Waals surface area contributed by atoms with Crippen LogP contribution in [0.4, 0.5) is 18.9 Å². The predicted octanol–water partition coefficient (Wildman–Crippen LogP) is 5.94. The number of halogens is 5. The molecule has 0 aliphatic rings. The Labute approximate surface area is 182 Å². The molecule has 1 heterocycles. The summed E-state index contributed by atoms with van der Waals surface area (Å²) in [6.45, 7) is 0. The molecule has 0 unspecified atom stereocenters. The van der Waals surface area contributed by atoms with Crippen molar-refractivity contribution in [3.8, 4) is 11.3 Å². The second-order valence-electron chi connectivity index (χ2n) is 6.02. The number of nitrogens with one attached hydrogen (secondary N) is 1. The molecule has 160 valence electrons. The number of alkyl halides is 3. The van der Waals surface area contributed by atoms with E-state index >= 15 is 0 Å². The Balaban J connectivity index is 1.74. The average Bonchev–Trinajstić information content (AvgIpc) is 3.15. The smallest absolute Gasteiger partial charge is 0.416 e. The van der Waals surface area contributed by atoms with E-state index in [1.54, 1.807) is 0 Å². The van der Waals surface area contributed by atoms with Gasteiger partial charge in [-0.3, -0.25) is 14.9 Å². The standard InChI is InChI=1S/C19H10Cl2F3N3O4/c20-14-8-15(21)16(27(29)30)7-13(14)17-5-4-12(31-17)9-25-26-18(28)10-2-1-3-11(6-10)19(22,23)24/h1-9H,(H,26,28)/b25-9-. The van der Waals surface area contributed by atoms with Crippen molar-refractivity contribution in [2.75, 3.05) is 0 Å². The highest BCUT2D eigenvalue weighted by atomic mass is 35.5. The Morgan fingerprint density at radius 3 is 2.55 bits per heavy atom. The van der Waals surface area contributed by atoms with Crippen LogP contribution in [0, 0.1) is 10.1 Å². The zero-order valence-corrected chi connectivity index (χ0v) is 16.6. The van der Waals surface area contributed by atoms with Gasteiger partial charge in [0.15, 0.2) is 0 Å². The van der Waals surface area contributed by atoms with E-state index in [-0.39, 0.29) is 38.4 Å². The third-order valence-electron chi connectivity index (χ3n) is 3.94. The number of amides is 1. The van der Waals surface area contributed by atoms with E-state index < -0.39 is 22.6 Å². The van der Waals surface area contributed by atoms with Crippen LogP contribution in [-0.2, 0) is 6.18 Å². The lowest BCUT2D eigenvalue weighted by atomic mass is 10.1. The summed E-state index contributed by atoms with van der Waals surface area (Å²) in [6, 6.07) is 9.14. The number of nitro groups is 1. The van der Waals surface area contributed by atoms with Gasteiger partial charge >= 0.3 is 6.18 Å². The molecule has 1 aromatic heterocycles. The molecule has 12 heteroatoms. The minimum Gasteiger partial charge on any atom is -0.455 e. The quantitative estimate of drug-likeness (QED) is 0.282. The Morgan fingerprint density at radius 1 is 1.13 bits per heavy atom. The van der Waals surface area contributed by atoms with Gasteiger partial charge < -0.3 is 4.42 Å².